The highest BCUT2D eigenvalue weighted by atomic mass is 19.1. The molecular weight excluding hydrogens is 229 g/mol. The fourth-order valence-electron chi connectivity index (χ4n) is 2.10. The SMILES string of the molecule is C=C1C=CC=C(c2c(F)cccc2OC)N1CC. The Hall–Kier alpha value is -2.03. The lowest BCUT2D eigenvalue weighted by atomic mass is 10.1. The van der Waals surface area contributed by atoms with Gasteiger partial charge in [0.05, 0.1) is 18.4 Å². The van der Waals surface area contributed by atoms with Gasteiger partial charge in [-0.15, -0.1) is 0 Å². The summed E-state index contributed by atoms with van der Waals surface area (Å²) >= 11 is 0. The third-order valence-corrected chi connectivity index (χ3v) is 2.95. The number of methoxy groups -OCH3 is 1. The van der Waals surface area contributed by atoms with Gasteiger partial charge < -0.3 is 9.64 Å². The van der Waals surface area contributed by atoms with Crippen LogP contribution in [0.25, 0.3) is 5.70 Å². The second kappa shape index (κ2) is 5.08. The fourth-order valence-corrected chi connectivity index (χ4v) is 2.10. The van der Waals surface area contributed by atoms with Crippen LogP contribution < -0.4 is 4.74 Å². The fraction of sp³-hybridized carbons (Fsp3) is 0.200. The van der Waals surface area contributed by atoms with Crippen molar-refractivity contribution in [2.45, 2.75) is 6.92 Å². The van der Waals surface area contributed by atoms with E-state index in [0.29, 0.717) is 11.3 Å². The number of nitrogens with zero attached hydrogens (tertiary/aromatic N) is 1. The number of ether oxygens (including phenoxy) is 1. The molecule has 0 unspecified atom stereocenters. The molecule has 0 N–H and O–H groups in total. The minimum absolute atomic E-state index is 0.290. The molecule has 1 aliphatic heterocycles. The van der Waals surface area contributed by atoms with Gasteiger partial charge in [0.25, 0.3) is 0 Å². The molecule has 1 heterocycles. The molecule has 0 aliphatic carbocycles. The highest BCUT2D eigenvalue weighted by Gasteiger charge is 2.20. The highest BCUT2D eigenvalue weighted by Crippen LogP contribution is 2.34. The largest absolute Gasteiger partial charge is 0.496 e. The van der Waals surface area contributed by atoms with E-state index in [9.17, 15) is 4.39 Å². The molecule has 0 radical (unpaired) electrons. The molecule has 0 fully saturated rings. The van der Waals surface area contributed by atoms with Crippen molar-refractivity contribution in [3.8, 4) is 5.75 Å². The Kier molecular flexibility index (Phi) is 3.51. The van der Waals surface area contributed by atoms with Crippen LogP contribution in [0.2, 0.25) is 0 Å². The van der Waals surface area contributed by atoms with Crippen molar-refractivity contribution in [2.75, 3.05) is 13.7 Å². The van der Waals surface area contributed by atoms with Crippen LogP contribution in [0.4, 0.5) is 4.39 Å². The third-order valence-electron chi connectivity index (χ3n) is 2.95. The first-order chi connectivity index (χ1) is 8.69. The number of rotatable bonds is 3. The first-order valence-electron chi connectivity index (χ1n) is 5.86. The Morgan fingerprint density at radius 2 is 2.17 bits per heavy atom. The highest BCUT2D eigenvalue weighted by molar-refractivity contribution is 5.74. The van der Waals surface area contributed by atoms with E-state index in [1.165, 1.54) is 6.07 Å². The smallest absolute Gasteiger partial charge is 0.136 e. The zero-order valence-electron chi connectivity index (χ0n) is 10.6. The van der Waals surface area contributed by atoms with Gasteiger partial charge in [-0.3, -0.25) is 0 Å². The summed E-state index contributed by atoms with van der Waals surface area (Å²) in [5, 5.41) is 0. The molecule has 2 nitrogen and oxygen atoms in total. The van der Waals surface area contributed by atoms with Gasteiger partial charge in [-0.05, 0) is 31.2 Å². The Balaban J connectivity index is 2.57. The topological polar surface area (TPSA) is 12.5 Å². The molecule has 3 heteroatoms. The molecule has 0 amide bonds. The van der Waals surface area contributed by atoms with E-state index >= 15 is 0 Å². The lowest BCUT2D eigenvalue weighted by Crippen LogP contribution is -2.22. The Morgan fingerprint density at radius 3 is 2.83 bits per heavy atom. The molecule has 0 saturated carbocycles. The first kappa shape index (κ1) is 12.4. The Labute approximate surface area is 107 Å². The van der Waals surface area contributed by atoms with Crippen molar-refractivity contribution in [1.82, 2.24) is 4.90 Å². The standard InChI is InChI=1S/C15H16FNO/c1-4-17-11(2)7-5-9-13(17)15-12(16)8-6-10-14(15)18-3/h5-10H,2,4H2,1,3H3. The van der Waals surface area contributed by atoms with Crippen molar-refractivity contribution in [2.24, 2.45) is 0 Å². The second-order valence-electron chi connectivity index (χ2n) is 3.96. The monoisotopic (exact) mass is 245 g/mol. The van der Waals surface area contributed by atoms with Crippen LogP contribution in [0.1, 0.15) is 12.5 Å². The minimum Gasteiger partial charge on any atom is -0.496 e. The second-order valence-corrected chi connectivity index (χ2v) is 3.96. The van der Waals surface area contributed by atoms with Gasteiger partial charge in [0.1, 0.15) is 11.6 Å². The van der Waals surface area contributed by atoms with E-state index in [1.807, 2.05) is 30.1 Å². The molecule has 1 aromatic rings. The first-order valence-corrected chi connectivity index (χ1v) is 5.86. The molecular formula is C15H16FNO. The summed E-state index contributed by atoms with van der Waals surface area (Å²) < 4.78 is 19.3. The summed E-state index contributed by atoms with van der Waals surface area (Å²) in [6, 6.07) is 4.84. The normalized spacial score (nSPS) is 14.7. The van der Waals surface area contributed by atoms with Crippen molar-refractivity contribution in [1.29, 1.82) is 0 Å². The number of allylic oxidation sites excluding steroid dienone is 3. The molecule has 1 aliphatic rings. The third kappa shape index (κ3) is 2.04. The van der Waals surface area contributed by atoms with E-state index in [2.05, 4.69) is 6.58 Å². The van der Waals surface area contributed by atoms with Crippen molar-refractivity contribution in [3.63, 3.8) is 0 Å². The van der Waals surface area contributed by atoms with Crippen LogP contribution in [0.3, 0.4) is 0 Å². The average molecular weight is 245 g/mol. The summed E-state index contributed by atoms with van der Waals surface area (Å²) in [5.74, 6) is 0.241. The number of hydrogen-bond donors (Lipinski definition) is 0. The summed E-state index contributed by atoms with van der Waals surface area (Å²) in [7, 11) is 1.54. The Bertz CT molecular complexity index is 531. The van der Waals surface area contributed by atoms with Crippen LogP contribution in [-0.4, -0.2) is 18.6 Å². The predicted octanol–water partition coefficient (Wildman–Crippen LogP) is 3.58. The quantitative estimate of drug-likeness (QED) is 0.807. The molecule has 0 bridgehead atoms. The lowest BCUT2D eigenvalue weighted by molar-refractivity contribution is 0.406. The molecule has 18 heavy (non-hydrogen) atoms. The zero-order valence-corrected chi connectivity index (χ0v) is 10.6. The molecule has 0 spiro atoms. The van der Waals surface area contributed by atoms with Gasteiger partial charge in [-0.1, -0.05) is 18.7 Å². The molecule has 0 atom stereocenters. The minimum atomic E-state index is -0.290. The van der Waals surface area contributed by atoms with Gasteiger partial charge in [0.2, 0.25) is 0 Å². The number of benzene rings is 1. The number of halogens is 1. The maximum absolute atomic E-state index is 14.1. The number of hydrogen-bond acceptors (Lipinski definition) is 2. The zero-order chi connectivity index (χ0) is 13.1. The van der Waals surface area contributed by atoms with Gasteiger partial charge in [-0.25, -0.2) is 4.39 Å². The van der Waals surface area contributed by atoms with Gasteiger partial charge in [-0.2, -0.15) is 0 Å². The average Bonchev–Trinajstić information content (AvgIpc) is 2.38. The summed E-state index contributed by atoms with van der Waals surface area (Å²) in [5.41, 5.74) is 2.10. The molecule has 94 valence electrons. The number of likely N-dealkylation sites (N-methyl/N-ethyl adjacent to an activating group) is 1. The summed E-state index contributed by atoms with van der Waals surface area (Å²) in [6.07, 6.45) is 5.65. The maximum Gasteiger partial charge on any atom is 0.136 e. The van der Waals surface area contributed by atoms with Crippen LogP contribution >= 0.6 is 0 Å². The summed E-state index contributed by atoms with van der Waals surface area (Å²) in [4.78, 5) is 1.96. The van der Waals surface area contributed by atoms with E-state index in [0.717, 1.165) is 17.9 Å². The molecule has 0 aromatic heterocycles. The molecule has 2 rings (SSSR count). The van der Waals surface area contributed by atoms with Gasteiger partial charge in [0.15, 0.2) is 0 Å². The van der Waals surface area contributed by atoms with Crippen molar-refractivity contribution >= 4 is 5.70 Å². The van der Waals surface area contributed by atoms with Crippen molar-refractivity contribution < 1.29 is 9.13 Å². The van der Waals surface area contributed by atoms with E-state index in [-0.39, 0.29) is 5.82 Å². The summed E-state index contributed by atoms with van der Waals surface area (Å²) in [6.45, 7) is 6.70. The Morgan fingerprint density at radius 1 is 1.39 bits per heavy atom. The predicted molar refractivity (Wildman–Crippen MR) is 71.6 cm³/mol. The maximum atomic E-state index is 14.1. The lowest BCUT2D eigenvalue weighted by Gasteiger charge is -2.29. The molecule has 0 saturated heterocycles. The van der Waals surface area contributed by atoms with Crippen LogP contribution in [-0.2, 0) is 0 Å². The van der Waals surface area contributed by atoms with Crippen LogP contribution in [0, 0.1) is 5.82 Å². The van der Waals surface area contributed by atoms with Crippen molar-refractivity contribution in [3.05, 3.63) is 60.1 Å². The van der Waals surface area contributed by atoms with Crippen LogP contribution in [0.15, 0.2) is 48.7 Å². The van der Waals surface area contributed by atoms with E-state index < -0.39 is 0 Å². The molecule has 1 aromatic carbocycles. The van der Waals surface area contributed by atoms with Gasteiger partial charge in [0, 0.05) is 12.2 Å². The van der Waals surface area contributed by atoms with Gasteiger partial charge >= 0.3 is 0 Å². The van der Waals surface area contributed by atoms with E-state index in [1.54, 1.807) is 19.2 Å². The van der Waals surface area contributed by atoms with E-state index in [4.69, 9.17) is 4.74 Å². The van der Waals surface area contributed by atoms with Crippen LogP contribution in [0.5, 0.6) is 5.75 Å².